The maximum absolute atomic E-state index is 10.7. The SMILES string of the molecule is O=C(O)CCc1ccc(OC2C=Cc3ccc(C4=CC=CCC4)cc32)cc1. The highest BCUT2D eigenvalue weighted by Crippen LogP contribution is 2.35. The lowest BCUT2D eigenvalue weighted by atomic mass is 9.94. The topological polar surface area (TPSA) is 46.5 Å². The average Bonchev–Trinajstić information content (AvgIpc) is 3.10. The molecule has 1 unspecified atom stereocenters. The Labute approximate surface area is 159 Å². The van der Waals surface area contributed by atoms with Crippen LogP contribution in [0.3, 0.4) is 0 Å². The third-order valence-corrected chi connectivity index (χ3v) is 5.04. The molecule has 0 bridgehead atoms. The number of hydrogen-bond acceptors (Lipinski definition) is 2. The number of carboxylic acids is 1. The van der Waals surface area contributed by atoms with E-state index in [0.29, 0.717) is 6.42 Å². The van der Waals surface area contributed by atoms with Gasteiger partial charge in [0.15, 0.2) is 0 Å². The van der Waals surface area contributed by atoms with Crippen LogP contribution in [0, 0.1) is 0 Å². The molecule has 2 aliphatic rings. The lowest BCUT2D eigenvalue weighted by Crippen LogP contribution is -2.04. The van der Waals surface area contributed by atoms with Crippen LogP contribution in [0.4, 0.5) is 0 Å². The van der Waals surface area contributed by atoms with Gasteiger partial charge in [-0.25, -0.2) is 0 Å². The van der Waals surface area contributed by atoms with Gasteiger partial charge in [0.2, 0.25) is 0 Å². The van der Waals surface area contributed by atoms with Crippen molar-refractivity contribution in [3.05, 3.63) is 89.0 Å². The number of carbonyl (C=O) groups is 1. The van der Waals surface area contributed by atoms with Crippen LogP contribution in [-0.4, -0.2) is 11.1 Å². The molecule has 0 radical (unpaired) electrons. The number of ether oxygens (including phenoxy) is 1. The normalized spacial score (nSPS) is 17.5. The molecule has 0 amide bonds. The molecule has 2 aliphatic carbocycles. The van der Waals surface area contributed by atoms with E-state index in [1.54, 1.807) is 0 Å². The standard InChI is InChI=1S/C24H22O3/c25-24(26)15-8-17-6-12-21(13-7-17)27-23-14-11-19-9-10-20(16-22(19)23)18-4-2-1-3-5-18/h1-2,4,6-7,9-14,16,23H,3,5,8,15H2,(H,25,26). The van der Waals surface area contributed by atoms with E-state index in [1.807, 2.05) is 24.3 Å². The fourth-order valence-corrected chi connectivity index (χ4v) is 3.55. The lowest BCUT2D eigenvalue weighted by molar-refractivity contribution is -0.136. The summed E-state index contributed by atoms with van der Waals surface area (Å²) in [5.41, 5.74) is 6.03. The molecule has 136 valence electrons. The molecule has 0 saturated carbocycles. The zero-order valence-corrected chi connectivity index (χ0v) is 15.1. The summed E-state index contributed by atoms with van der Waals surface area (Å²) in [5, 5.41) is 8.79. The Bertz CT molecular complexity index is 933. The van der Waals surface area contributed by atoms with Gasteiger partial charge in [-0.1, -0.05) is 48.6 Å². The Morgan fingerprint density at radius 1 is 1.15 bits per heavy atom. The first-order valence-electron chi connectivity index (χ1n) is 9.35. The molecule has 0 aromatic heterocycles. The molecule has 2 aromatic carbocycles. The quantitative estimate of drug-likeness (QED) is 0.733. The Morgan fingerprint density at radius 2 is 2.00 bits per heavy atom. The summed E-state index contributed by atoms with van der Waals surface area (Å²) in [4.78, 5) is 10.7. The molecule has 0 saturated heterocycles. The van der Waals surface area contributed by atoms with Crippen LogP contribution in [0.25, 0.3) is 11.6 Å². The number of aliphatic carboxylic acids is 1. The Morgan fingerprint density at radius 3 is 2.74 bits per heavy atom. The lowest BCUT2D eigenvalue weighted by Gasteiger charge is -2.17. The molecule has 0 fully saturated rings. The van der Waals surface area contributed by atoms with Gasteiger partial charge in [0, 0.05) is 12.0 Å². The summed E-state index contributed by atoms with van der Waals surface area (Å²) in [6.07, 6.45) is 13.5. The van der Waals surface area contributed by atoms with E-state index in [2.05, 4.69) is 48.6 Å². The van der Waals surface area contributed by atoms with Crippen molar-refractivity contribution >= 4 is 17.6 Å². The molecule has 1 N–H and O–H groups in total. The minimum Gasteiger partial charge on any atom is -0.482 e. The number of fused-ring (bicyclic) bond motifs is 1. The van der Waals surface area contributed by atoms with Crippen LogP contribution in [0.5, 0.6) is 5.75 Å². The van der Waals surface area contributed by atoms with Gasteiger partial charge >= 0.3 is 5.97 Å². The second-order valence-electron chi connectivity index (χ2n) is 6.94. The highest BCUT2D eigenvalue weighted by atomic mass is 16.5. The van der Waals surface area contributed by atoms with E-state index in [0.717, 1.165) is 24.2 Å². The summed E-state index contributed by atoms with van der Waals surface area (Å²) < 4.78 is 6.19. The van der Waals surface area contributed by atoms with Crippen molar-refractivity contribution in [1.82, 2.24) is 0 Å². The number of benzene rings is 2. The zero-order valence-electron chi connectivity index (χ0n) is 15.1. The van der Waals surface area contributed by atoms with Gasteiger partial charge in [-0.15, -0.1) is 0 Å². The fourth-order valence-electron chi connectivity index (χ4n) is 3.55. The molecular weight excluding hydrogens is 336 g/mol. The van der Waals surface area contributed by atoms with Crippen molar-refractivity contribution in [2.24, 2.45) is 0 Å². The van der Waals surface area contributed by atoms with Crippen LogP contribution in [0.2, 0.25) is 0 Å². The zero-order chi connectivity index (χ0) is 18.6. The summed E-state index contributed by atoms with van der Waals surface area (Å²) in [5.74, 6) is 0.0178. The molecule has 0 heterocycles. The van der Waals surface area contributed by atoms with Crippen molar-refractivity contribution in [3.63, 3.8) is 0 Å². The molecule has 0 aliphatic heterocycles. The molecule has 4 rings (SSSR count). The predicted molar refractivity (Wildman–Crippen MR) is 108 cm³/mol. The molecule has 2 aromatic rings. The first kappa shape index (κ1) is 17.3. The number of rotatable bonds is 6. The van der Waals surface area contributed by atoms with Crippen LogP contribution >= 0.6 is 0 Å². The maximum atomic E-state index is 10.7. The summed E-state index contributed by atoms with van der Waals surface area (Å²) in [6, 6.07) is 14.3. The molecule has 0 spiro atoms. The number of hydrogen-bond donors (Lipinski definition) is 1. The number of carboxylic acid groups (broad SMARTS) is 1. The van der Waals surface area contributed by atoms with Gasteiger partial charge in [-0.05, 0) is 65.8 Å². The summed E-state index contributed by atoms with van der Waals surface area (Å²) in [6.45, 7) is 0. The Balaban J connectivity index is 1.49. The minimum atomic E-state index is -0.776. The van der Waals surface area contributed by atoms with Crippen molar-refractivity contribution in [3.8, 4) is 5.75 Å². The number of allylic oxidation sites excluding steroid dienone is 4. The van der Waals surface area contributed by atoms with E-state index in [-0.39, 0.29) is 12.5 Å². The van der Waals surface area contributed by atoms with Gasteiger partial charge in [-0.2, -0.15) is 0 Å². The van der Waals surface area contributed by atoms with E-state index >= 15 is 0 Å². The van der Waals surface area contributed by atoms with Crippen molar-refractivity contribution in [2.75, 3.05) is 0 Å². The predicted octanol–water partition coefficient (Wildman–Crippen LogP) is 5.58. The van der Waals surface area contributed by atoms with E-state index < -0.39 is 5.97 Å². The fraction of sp³-hybridized carbons (Fsp3) is 0.208. The van der Waals surface area contributed by atoms with Crippen molar-refractivity contribution < 1.29 is 14.6 Å². The van der Waals surface area contributed by atoms with Crippen LogP contribution < -0.4 is 4.74 Å². The van der Waals surface area contributed by atoms with Crippen LogP contribution in [0.1, 0.15) is 47.6 Å². The van der Waals surface area contributed by atoms with E-state index in [4.69, 9.17) is 9.84 Å². The van der Waals surface area contributed by atoms with Crippen molar-refractivity contribution in [1.29, 1.82) is 0 Å². The second kappa shape index (κ2) is 7.67. The van der Waals surface area contributed by atoms with Gasteiger partial charge in [0.25, 0.3) is 0 Å². The summed E-state index contributed by atoms with van der Waals surface area (Å²) >= 11 is 0. The van der Waals surface area contributed by atoms with Crippen LogP contribution in [0.15, 0.2) is 66.8 Å². The molecule has 3 nitrogen and oxygen atoms in total. The molecule has 3 heteroatoms. The third kappa shape index (κ3) is 4.03. The van der Waals surface area contributed by atoms with Gasteiger partial charge in [-0.3, -0.25) is 4.79 Å². The van der Waals surface area contributed by atoms with E-state index in [9.17, 15) is 4.79 Å². The molecule has 1 atom stereocenters. The average molecular weight is 358 g/mol. The Kier molecular flexibility index (Phi) is 4.93. The third-order valence-electron chi connectivity index (χ3n) is 5.04. The first-order valence-corrected chi connectivity index (χ1v) is 9.35. The van der Waals surface area contributed by atoms with E-state index in [1.165, 1.54) is 22.3 Å². The highest BCUT2D eigenvalue weighted by Gasteiger charge is 2.20. The first-order chi connectivity index (χ1) is 13.2. The van der Waals surface area contributed by atoms with Gasteiger partial charge < -0.3 is 9.84 Å². The Hall–Kier alpha value is -3.07. The highest BCUT2D eigenvalue weighted by molar-refractivity contribution is 5.72. The smallest absolute Gasteiger partial charge is 0.303 e. The minimum absolute atomic E-state index is 0.0930. The van der Waals surface area contributed by atoms with Gasteiger partial charge in [0.1, 0.15) is 11.9 Å². The maximum Gasteiger partial charge on any atom is 0.303 e. The second-order valence-corrected chi connectivity index (χ2v) is 6.94. The number of aryl methyl sites for hydroxylation is 1. The monoisotopic (exact) mass is 358 g/mol. The summed E-state index contributed by atoms with van der Waals surface area (Å²) in [7, 11) is 0. The largest absolute Gasteiger partial charge is 0.482 e. The molecule has 27 heavy (non-hydrogen) atoms. The van der Waals surface area contributed by atoms with Crippen LogP contribution in [-0.2, 0) is 11.2 Å². The molecular formula is C24H22O3. The van der Waals surface area contributed by atoms with Crippen molar-refractivity contribution in [2.45, 2.75) is 31.8 Å². The van der Waals surface area contributed by atoms with Gasteiger partial charge in [0.05, 0.1) is 0 Å².